The first-order valence-electron chi connectivity index (χ1n) is 7.82. The van der Waals surface area contributed by atoms with E-state index in [4.69, 9.17) is 31.9 Å². The summed E-state index contributed by atoms with van der Waals surface area (Å²) in [6.45, 7) is -0.341. The highest BCUT2D eigenvalue weighted by molar-refractivity contribution is 8.26. The van der Waals surface area contributed by atoms with Gasteiger partial charge in [-0.15, -0.1) is 0 Å². The van der Waals surface area contributed by atoms with Crippen LogP contribution in [0.3, 0.4) is 0 Å². The van der Waals surface area contributed by atoms with Crippen molar-refractivity contribution in [3.8, 4) is 11.5 Å². The number of thiocarbonyl (C=S) groups is 1. The van der Waals surface area contributed by atoms with Gasteiger partial charge in [-0.2, -0.15) is 0 Å². The molecule has 0 bridgehead atoms. The van der Waals surface area contributed by atoms with Crippen molar-refractivity contribution in [2.24, 2.45) is 0 Å². The maximum Gasteiger partial charge on any atom is 0.341 e. The van der Waals surface area contributed by atoms with E-state index in [0.717, 1.165) is 11.8 Å². The average molecular weight is 411 g/mol. The molecule has 1 aliphatic rings. The van der Waals surface area contributed by atoms with Gasteiger partial charge < -0.3 is 19.7 Å². The highest BCUT2D eigenvalue weighted by atomic mass is 32.2. The zero-order valence-corrected chi connectivity index (χ0v) is 16.0. The number of para-hydroxylation sites is 1. The van der Waals surface area contributed by atoms with Crippen LogP contribution in [-0.4, -0.2) is 57.5 Å². The highest BCUT2D eigenvalue weighted by Crippen LogP contribution is 2.37. The predicted octanol–water partition coefficient (Wildman–Crippen LogP) is 2.22. The quantitative estimate of drug-likeness (QED) is 0.466. The highest BCUT2D eigenvalue weighted by Gasteiger charge is 2.32. The van der Waals surface area contributed by atoms with Gasteiger partial charge in [-0.3, -0.25) is 14.5 Å². The van der Waals surface area contributed by atoms with Crippen LogP contribution in [0.25, 0.3) is 6.08 Å². The first-order valence-corrected chi connectivity index (χ1v) is 9.04. The molecule has 0 unspecified atom stereocenters. The van der Waals surface area contributed by atoms with Crippen LogP contribution in [0, 0.1) is 0 Å². The molecule has 144 valence electrons. The van der Waals surface area contributed by atoms with Gasteiger partial charge >= 0.3 is 11.9 Å². The van der Waals surface area contributed by atoms with Crippen molar-refractivity contribution in [3.05, 3.63) is 28.7 Å². The third-order valence-electron chi connectivity index (χ3n) is 3.50. The number of amides is 1. The van der Waals surface area contributed by atoms with Gasteiger partial charge in [-0.1, -0.05) is 36.1 Å². The van der Waals surface area contributed by atoms with Gasteiger partial charge in [0.1, 0.15) is 4.32 Å². The van der Waals surface area contributed by atoms with E-state index >= 15 is 0 Å². The second-order valence-electron chi connectivity index (χ2n) is 5.39. The van der Waals surface area contributed by atoms with E-state index in [1.807, 2.05) is 0 Å². The average Bonchev–Trinajstić information content (AvgIpc) is 2.87. The van der Waals surface area contributed by atoms with Crippen LogP contribution >= 0.6 is 24.0 Å². The van der Waals surface area contributed by atoms with E-state index in [-0.39, 0.29) is 24.6 Å². The van der Waals surface area contributed by atoms with Crippen LogP contribution in [0.1, 0.15) is 18.4 Å². The molecule has 2 N–H and O–H groups in total. The summed E-state index contributed by atoms with van der Waals surface area (Å²) in [5, 5.41) is 17.6. The number of carbonyl (C=O) groups is 3. The lowest BCUT2D eigenvalue weighted by Crippen LogP contribution is -2.29. The molecular formula is C17H17NO7S2. The van der Waals surface area contributed by atoms with E-state index in [1.54, 1.807) is 24.3 Å². The number of benzene rings is 1. The van der Waals surface area contributed by atoms with E-state index in [0.29, 0.717) is 27.0 Å². The van der Waals surface area contributed by atoms with Crippen LogP contribution < -0.4 is 9.47 Å². The topological polar surface area (TPSA) is 113 Å². The van der Waals surface area contributed by atoms with Gasteiger partial charge in [-0.25, -0.2) is 4.79 Å². The Hall–Kier alpha value is -2.59. The molecule has 2 rings (SSSR count). The summed E-state index contributed by atoms with van der Waals surface area (Å²) in [4.78, 5) is 35.7. The smallest absolute Gasteiger partial charge is 0.341 e. The van der Waals surface area contributed by atoms with Gasteiger partial charge in [0.05, 0.1) is 12.0 Å². The Kier molecular flexibility index (Phi) is 7.19. The molecule has 0 radical (unpaired) electrons. The number of methoxy groups -OCH3 is 1. The molecule has 1 aliphatic heterocycles. The number of carboxylic acid groups (broad SMARTS) is 2. The molecule has 1 saturated heterocycles. The number of carbonyl (C=O) groups excluding carboxylic acids is 1. The fraction of sp³-hybridized carbons (Fsp3) is 0.294. The largest absolute Gasteiger partial charge is 0.493 e. The van der Waals surface area contributed by atoms with Crippen molar-refractivity contribution in [3.63, 3.8) is 0 Å². The van der Waals surface area contributed by atoms with Gasteiger partial charge in [-0.05, 0) is 18.6 Å². The zero-order valence-electron chi connectivity index (χ0n) is 14.3. The summed E-state index contributed by atoms with van der Waals surface area (Å²) in [5.74, 6) is -1.87. The number of thioether (sulfide) groups is 1. The molecule has 8 nitrogen and oxygen atoms in total. The van der Waals surface area contributed by atoms with E-state index in [9.17, 15) is 14.4 Å². The van der Waals surface area contributed by atoms with Crippen molar-refractivity contribution >= 4 is 52.2 Å². The summed E-state index contributed by atoms with van der Waals surface area (Å²) >= 11 is 6.29. The first-order chi connectivity index (χ1) is 12.8. The number of carboxylic acids is 2. The summed E-state index contributed by atoms with van der Waals surface area (Å²) in [6, 6.07) is 4.97. The lowest BCUT2D eigenvalue weighted by atomic mass is 10.1. The molecule has 27 heavy (non-hydrogen) atoms. The van der Waals surface area contributed by atoms with Gasteiger partial charge in [0.15, 0.2) is 18.1 Å². The number of hydrogen-bond donors (Lipinski definition) is 2. The molecular weight excluding hydrogens is 394 g/mol. The summed E-state index contributed by atoms with van der Waals surface area (Å²) in [6.07, 6.45) is 1.79. The molecule has 1 amide bonds. The van der Waals surface area contributed by atoms with Gasteiger partial charge in [0, 0.05) is 18.5 Å². The van der Waals surface area contributed by atoms with Crippen molar-refractivity contribution in [1.29, 1.82) is 0 Å². The fourth-order valence-corrected chi connectivity index (χ4v) is 3.62. The van der Waals surface area contributed by atoms with Crippen LogP contribution in [-0.2, 0) is 14.4 Å². The number of rotatable bonds is 9. The number of hydrogen-bond acceptors (Lipinski definition) is 7. The van der Waals surface area contributed by atoms with Crippen molar-refractivity contribution in [2.75, 3.05) is 20.3 Å². The second kappa shape index (κ2) is 9.38. The van der Waals surface area contributed by atoms with E-state index in [2.05, 4.69) is 0 Å². The Balaban J connectivity index is 2.25. The van der Waals surface area contributed by atoms with E-state index < -0.39 is 18.5 Å². The molecule has 10 heteroatoms. The van der Waals surface area contributed by atoms with Crippen LogP contribution in [0.4, 0.5) is 0 Å². The molecule has 1 aromatic carbocycles. The Morgan fingerprint density at radius 2 is 2.04 bits per heavy atom. The number of ether oxygens (including phenoxy) is 2. The zero-order chi connectivity index (χ0) is 20.0. The van der Waals surface area contributed by atoms with Crippen LogP contribution in [0.15, 0.2) is 23.1 Å². The Bertz CT molecular complexity index is 806. The molecule has 1 heterocycles. The molecule has 0 aromatic heterocycles. The third-order valence-corrected chi connectivity index (χ3v) is 4.88. The Morgan fingerprint density at radius 1 is 1.30 bits per heavy atom. The predicted molar refractivity (Wildman–Crippen MR) is 103 cm³/mol. The Labute approximate surface area is 164 Å². The normalized spacial score (nSPS) is 15.3. The minimum Gasteiger partial charge on any atom is -0.493 e. The second-order valence-corrected chi connectivity index (χ2v) is 7.07. The first kappa shape index (κ1) is 20.7. The van der Waals surface area contributed by atoms with E-state index in [1.165, 1.54) is 12.0 Å². The standard InChI is InChI=1S/C17H17NO7S2/c1-24-11-5-2-4-10(15(11)25-9-14(21)22)8-12-16(23)18(17(26)27-12)7-3-6-13(19)20/h2,4-5,8H,3,6-7,9H2,1H3,(H,19,20)(H,21,22)/b12-8-. The molecule has 0 aliphatic carbocycles. The third kappa shape index (κ3) is 5.44. The molecule has 0 atom stereocenters. The van der Waals surface area contributed by atoms with Gasteiger partial charge in [0.25, 0.3) is 5.91 Å². The van der Waals surface area contributed by atoms with Crippen LogP contribution in [0.5, 0.6) is 11.5 Å². The lowest BCUT2D eigenvalue weighted by molar-refractivity contribution is -0.139. The molecule has 1 fully saturated rings. The number of nitrogens with zero attached hydrogens (tertiary/aromatic N) is 1. The van der Waals surface area contributed by atoms with Crippen molar-refractivity contribution < 1.29 is 34.1 Å². The summed E-state index contributed by atoms with van der Waals surface area (Å²) in [5.41, 5.74) is 0.474. The van der Waals surface area contributed by atoms with Crippen molar-refractivity contribution in [2.45, 2.75) is 12.8 Å². The minimum atomic E-state index is -1.14. The minimum absolute atomic E-state index is 0.0564. The summed E-state index contributed by atoms with van der Waals surface area (Å²) < 4.78 is 10.8. The maximum atomic E-state index is 12.6. The Morgan fingerprint density at radius 3 is 2.67 bits per heavy atom. The van der Waals surface area contributed by atoms with Crippen LogP contribution in [0.2, 0.25) is 0 Å². The lowest BCUT2D eigenvalue weighted by Gasteiger charge is -2.13. The maximum absolute atomic E-state index is 12.6. The van der Waals surface area contributed by atoms with Gasteiger partial charge in [0.2, 0.25) is 0 Å². The van der Waals surface area contributed by atoms with Crippen molar-refractivity contribution in [1.82, 2.24) is 4.90 Å². The molecule has 0 spiro atoms. The molecule has 0 saturated carbocycles. The summed E-state index contributed by atoms with van der Waals surface area (Å²) in [7, 11) is 1.43. The SMILES string of the molecule is COc1cccc(/C=C2\SC(=S)N(CCCC(=O)O)C2=O)c1OCC(=O)O. The fourth-order valence-electron chi connectivity index (χ4n) is 2.32. The number of aliphatic carboxylic acids is 2. The molecule has 1 aromatic rings. The monoisotopic (exact) mass is 411 g/mol.